The average Bonchev–Trinajstić information content (AvgIpc) is 4.21. The van der Waals surface area contributed by atoms with Crippen molar-refractivity contribution in [3.8, 4) is 22.7 Å². The van der Waals surface area contributed by atoms with Gasteiger partial charge in [0, 0.05) is 82.5 Å². The maximum Gasteiger partial charge on any atom is 0.320 e. The van der Waals surface area contributed by atoms with Crippen LogP contribution < -0.4 is 26.0 Å². The highest BCUT2D eigenvalue weighted by atomic mass is 19.2. The fourth-order valence-corrected chi connectivity index (χ4v) is 11.0. The van der Waals surface area contributed by atoms with Gasteiger partial charge in [-0.3, -0.25) is 20.4 Å². The van der Waals surface area contributed by atoms with Crippen LogP contribution in [0, 0.1) is 30.2 Å². The molecule has 9 rings (SSSR count). The van der Waals surface area contributed by atoms with Gasteiger partial charge in [-0.25, -0.2) is 36.5 Å². The van der Waals surface area contributed by atoms with Gasteiger partial charge in [-0.15, -0.1) is 5.10 Å². The Hall–Kier alpha value is -6.06. The van der Waals surface area contributed by atoms with Gasteiger partial charge in [-0.2, -0.15) is 5.10 Å². The van der Waals surface area contributed by atoms with Gasteiger partial charge in [-0.1, -0.05) is 31.4 Å². The number of amides is 4. The first-order valence-corrected chi connectivity index (χ1v) is 25.0. The largest absolute Gasteiger partial charge is 0.474 e. The van der Waals surface area contributed by atoms with Crippen LogP contribution in [0.2, 0.25) is 0 Å². The van der Waals surface area contributed by atoms with Crippen LogP contribution in [0.3, 0.4) is 0 Å². The van der Waals surface area contributed by atoms with E-state index in [1.54, 1.807) is 51.5 Å². The lowest BCUT2D eigenvalue weighted by Crippen LogP contribution is -2.43. The maximum absolute atomic E-state index is 16.2. The molecule has 2 aliphatic carbocycles. The number of nitrogens with one attached hydrogen (secondary N) is 4. The molecule has 2 aliphatic heterocycles. The summed E-state index contributed by atoms with van der Waals surface area (Å²) in [6, 6.07) is 10.9. The molecule has 0 bridgehead atoms. The van der Waals surface area contributed by atoms with Crippen molar-refractivity contribution in [3.05, 3.63) is 106 Å². The van der Waals surface area contributed by atoms with Crippen molar-refractivity contribution < 1.29 is 46.5 Å². The van der Waals surface area contributed by atoms with Gasteiger partial charge in [0.15, 0.2) is 11.6 Å². The number of hydrogen-bond donors (Lipinski definition) is 5. The Balaban J connectivity index is 0.982. The normalized spacial score (nSPS) is 20.5. The second-order valence-corrected chi connectivity index (χ2v) is 19.4. The summed E-state index contributed by atoms with van der Waals surface area (Å²) in [5, 5.41) is 31.5. The number of methoxy groups -OCH3 is 2. The van der Waals surface area contributed by atoms with Crippen molar-refractivity contribution in [2.24, 2.45) is 0 Å². The number of rotatable bonds is 18. The number of aromatic nitrogens is 4. The predicted octanol–water partition coefficient (Wildman–Crippen LogP) is 7.44. The van der Waals surface area contributed by atoms with Gasteiger partial charge in [0.25, 0.3) is 0 Å². The molecule has 72 heavy (non-hydrogen) atoms. The zero-order valence-corrected chi connectivity index (χ0v) is 41.0. The molecule has 4 amide bonds. The Kier molecular flexibility index (Phi) is 16.1. The summed E-state index contributed by atoms with van der Waals surface area (Å²) >= 11 is 0. The smallest absolute Gasteiger partial charge is 0.320 e. The zero-order chi connectivity index (χ0) is 50.5. The van der Waals surface area contributed by atoms with Gasteiger partial charge < -0.3 is 30.0 Å². The van der Waals surface area contributed by atoms with Crippen LogP contribution in [0.15, 0.2) is 54.6 Å². The molecule has 4 aliphatic rings. The van der Waals surface area contributed by atoms with Crippen molar-refractivity contribution >= 4 is 23.7 Å². The average molecular weight is 1000 g/mol. The van der Waals surface area contributed by atoms with Gasteiger partial charge in [-0.05, 0) is 92.1 Å². The van der Waals surface area contributed by atoms with Crippen LogP contribution in [0.4, 0.5) is 38.8 Å². The fourth-order valence-electron chi connectivity index (χ4n) is 11.0. The van der Waals surface area contributed by atoms with Crippen LogP contribution in [0.1, 0.15) is 84.4 Å². The summed E-state index contributed by atoms with van der Waals surface area (Å²) in [7, 11) is 3.20. The standard InChI is InChI=1S/C52H64F4N10O6/c1-31-48(59-51(68)57-45-29-63(15-18-70-2)27-41(45)33-21-35(53)26-36(54)22-33)66(62-50(31)72-20-17-67)38-12-7-9-32(23-38)40-24-34(25-43(55)47(40)56)42-28-64(16-19-71-3)30-46(42)58-52(69)60-49-39-13-8-14-44(39)61-65(49)37-10-5-4-6-11-37/h7,9,12,21-26,37,41-42,45-46,67H,4-6,8,10-11,13-20,27-30H2,1-3H3,(H2,57,59,68)(H2,58,60,69)/t41-,42-,45+,46+/m0/s1. The number of aryl methyl sites for hydroxylation is 1. The Morgan fingerprint density at radius 2 is 1.38 bits per heavy atom. The Bertz CT molecular complexity index is 2710. The molecule has 4 atom stereocenters. The minimum Gasteiger partial charge on any atom is -0.474 e. The summed E-state index contributed by atoms with van der Waals surface area (Å²) in [6.07, 6.45) is 8.16. The number of fused-ring (bicyclic) bond motifs is 1. The minimum atomic E-state index is -1.07. The number of carbonyl (C=O) groups excluding carboxylic acids is 2. The van der Waals surface area contributed by atoms with Crippen LogP contribution in [-0.4, -0.2) is 139 Å². The lowest BCUT2D eigenvalue weighted by atomic mass is 9.91. The van der Waals surface area contributed by atoms with E-state index in [0.717, 1.165) is 68.1 Å². The van der Waals surface area contributed by atoms with Crippen molar-refractivity contribution in [2.75, 3.05) is 90.5 Å². The second-order valence-electron chi connectivity index (χ2n) is 19.4. The van der Waals surface area contributed by atoms with E-state index >= 15 is 8.78 Å². The molecule has 0 unspecified atom stereocenters. The topological polar surface area (TPSA) is 172 Å². The number of urea groups is 2. The number of anilines is 2. The first-order valence-electron chi connectivity index (χ1n) is 25.0. The van der Waals surface area contributed by atoms with Gasteiger partial charge in [0.05, 0.1) is 54.9 Å². The quantitative estimate of drug-likeness (QED) is 0.0556. The third kappa shape index (κ3) is 11.3. The molecule has 5 N–H and O–H groups in total. The van der Waals surface area contributed by atoms with Gasteiger partial charge in [0.2, 0.25) is 5.88 Å². The van der Waals surface area contributed by atoms with Crippen LogP contribution in [0.25, 0.3) is 16.8 Å². The van der Waals surface area contributed by atoms with Crippen molar-refractivity contribution in [1.82, 2.24) is 40.0 Å². The molecule has 4 heterocycles. The molecule has 2 saturated heterocycles. The van der Waals surface area contributed by atoms with Crippen LogP contribution in [-0.2, 0) is 22.3 Å². The Morgan fingerprint density at radius 1 is 0.736 bits per heavy atom. The number of halogens is 4. The third-order valence-electron chi connectivity index (χ3n) is 14.6. The number of hydrogen-bond acceptors (Lipinski definition) is 10. The summed E-state index contributed by atoms with van der Waals surface area (Å²) < 4.78 is 81.0. The number of aliphatic hydroxyl groups is 1. The highest BCUT2D eigenvalue weighted by Crippen LogP contribution is 2.39. The Labute approximate surface area is 416 Å². The molecule has 2 aromatic heterocycles. The predicted molar refractivity (Wildman–Crippen MR) is 263 cm³/mol. The van der Waals surface area contributed by atoms with E-state index in [1.165, 1.54) is 29.3 Å². The molecular formula is C52H64F4N10O6. The minimum absolute atomic E-state index is 0.0238. The number of nitrogens with zero attached hydrogens (tertiary/aromatic N) is 6. The van der Waals surface area contributed by atoms with Crippen molar-refractivity contribution in [2.45, 2.75) is 88.3 Å². The van der Waals surface area contributed by atoms with E-state index in [2.05, 4.69) is 31.3 Å². The number of ether oxygens (including phenoxy) is 3. The van der Waals surface area contributed by atoms with E-state index < -0.39 is 53.2 Å². The number of likely N-dealkylation sites (tertiary alicyclic amines) is 2. The molecule has 1 saturated carbocycles. The molecule has 3 aromatic carbocycles. The molecular weight excluding hydrogens is 937 g/mol. The van der Waals surface area contributed by atoms with Gasteiger partial charge >= 0.3 is 12.1 Å². The molecule has 386 valence electrons. The van der Waals surface area contributed by atoms with Crippen molar-refractivity contribution in [1.29, 1.82) is 0 Å². The van der Waals surface area contributed by atoms with Crippen LogP contribution in [0.5, 0.6) is 5.88 Å². The van der Waals surface area contributed by atoms with E-state index in [9.17, 15) is 23.5 Å². The van der Waals surface area contributed by atoms with E-state index in [0.29, 0.717) is 80.4 Å². The summed E-state index contributed by atoms with van der Waals surface area (Å²) in [4.78, 5) is 32.2. The van der Waals surface area contributed by atoms with E-state index in [1.807, 2.05) is 9.58 Å². The zero-order valence-electron chi connectivity index (χ0n) is 41.0. The van der Waals surface area contributed by atoms with Gasteiger partial charge in [0.1, 0.15) is 29.9 Å². The van der Waals surface area contributed by atoms with E-state index in [4.69, 9.17) is 19.3 Å². The lowest BCUT2D eigenvalue weighted by molar-refractivity contribution is 0.159. The molecule has 5 aromatic rings. The third-order valence-corrected chi connectivity index (χ3v) is 14.6. The number of aliphatic hydroxyl groups excluding tert-OH is 1. The molecule has 0 spiro atoms. The van der Waals surface area contributed by atoms with Crippen LogP contribution >= 0.6 is 0 Å². The van der Waals surface area contributed by atoms with Crippen molar-refractivity contribution in [3.63, 3.8) is 0 Å². The number of benzene rings is 3. The monoisotopic (exact) mass is 1000 g/mol. The molecule has 0 radical (unpaired) electrons. The summed E-state index contributed by atoms with van der Waals surface area (Å²) in [6.45, 7) is 4.90. The molecule has 3 fully saturated rings. The second kappa shape index (κ2) is 22.8. The lowest BCUT2D eigenvalue weighted by Gasteiger charge is -2.25. The number of carbonyl (C=O) groups is 2. The highest BCUT2D eigenvalue weighted by Gasteiger charge is 2.38. The molecule has 16 nitrogen and oxygen atoms in total. The Morgan fingerprint density at radius 3 is 2.01 bits per heavy atom. The summed E-state index contributed by atoms with van der Waals surface area (Å²) in [5.41, 5.74) is 4.06. The fraction of sp³-hybridized carbons (Fsp3) is 0.500. The maximum atomic E-state index is 16.2. The molecule has 20 heteroatoms. The first-order chi connectivity index (χ1) is 34.9. The van der Waals surface area contributed by atoms with E-state index in [-0.39, 0.29) is 42.5 Å². The SMILES string of the molecule is COCCN1C[C@@H](NC(=O)Nc2c(C)c(OCCO)nn2-c2cccc(-c3cc([C@@H]4CN(CCOC)C[C@H]4NC(=O)Nc4c5c(nn4C4CCCCC4)CCC5)cc(F)c3F)c2)[C@H](c2cc(F)cc(F)c2)C1. The highest BCUT2D eigenvalue weighted by molar-refractivity contribution is 5.91. The summed E-state index contributed by atoms with van der Waals surface area (Å²) in [5.74, 6) is -3.43. The first kappa shape index (κ1) is 50.9.